The number of nitrogens with zero attached hydrogens (tertiary/aromatic N) is 3. The van der Waals surface area contributed by atoms with Crippen molar-refractivity contribution in [3.8, 4) is 5.69 Å². The number of hydrogen-bond donors (Lipinski definition) is 1. The first kappa shape index (κ1) is 28.3. The summed E-state index contributed by atoms with van der Waals surface area (Å²) >= 11 is 0. The number of aromatic nitrogens is 3. The molecule has 0 saturated heterocycles. The number of hydrogen-bond acceptors (Lipinski definition) is 4. The predicted molar refractivity (Wildman–Crippen MR) is 132 cm³/mol. The molecule has 0 bridgehead atoms. The molecule has 1 unspecified atom stereocenters. The number of halogens is 6. The van der Waals surface area contributed by atoms with E-state index in [2.05, 4.69) is 10.4 Å². The topological polar surface area (TPSA) is 86.0 Å². The molecule has 4 rings (SSSR count). The summed E-state index contributed by atoms with van der Waals surface area (Å²) in [5.74, 6) is -0.969. The third kappa shape index (κ3) is 6.14. The van der Waals surface area contributed by atoms with Gasteiger partial charge in [0.1, 0.15) is 0 Å². The summed E-state index contributed by atoms with van der Waals surface area (Å²) in [4.78, 5) is 39.6. The first-order valence-corrected chi connectivity index (χ1v) is 11.7. The van der Waals surface area contributed by atoms with Crippen molar-refractivity contribution in [3.63, 3.8) is 0 Å². The van der Waals surface area contributed by atoms with E-state index in [-0.39, 0.29) is 11.3 Å². The Balaban J connectivity index is 1.79. The highest BCUT2D eigenvalue weighted by Gasteiger charge is 2.31. The second kappa shape index (κ2) is 10.8. The first-order chi connectivity index (χ1) is 18.8. The van der Waals surface area contributed by atoms with Gasteiger partial charge in [0.05, 0.1) is 29.4 Å². The lowest BCUT2D eigenvalue weighted by Crippen LogP contribution is -2.46. The van der Waals surface area contributed by atoms with Gasteiger partial charge < -0.3 is 5.32 Å². The summed E-state index contributed by atoms with van der Waals surface area (Å²) in [6.45, 7) is 1.10. The minimum atomic E-state index is -4.66. The van der Waals surface area contributed by atoms with E-state index in [9.17, 15) is 40.7 Å². The number of amides is 1. The first-order valence-electron chi connectivity index (χ1n) is 11.7. The molecule has 0 saturated carbocycles. The quantitative estimate of drug-likeness (QED) is 0.337. The minimum absolute atomic E-state index is 0.126. The molecule has 40 heavy (non-hydrogen) atoms. The molecule has 4 aromatic rings. The van der Waals surface area contributed by atoms with E-state index >= 15 is 0 Å². The zero-order valence-corrected chi connectivity index (χ0v) is 20.6. The van der Waals surface area contributed by atoms with Crippen molar-refractivity contribution in [2.24, 2.45) is 0 Å². The lowest BCUT2D eigenvalue weighted by atomic mass is 10.1. The number of carbonyl (C=O) groups is 1. The van der Waals surface area contributed by atoms with Crippen LogP contribution < -0.4 is 16.6 Å². The van der Waals surface area contributed by atoms with Gasteiger partial charge in [-0.2, -0.15) is 36.1 Å². The Morgan fingerprint density at radius 1 is 0.825 bits per heavy atom. The van der Waals surface area contributed by atoms with Crippen LogP contribution in [0.25, 0.3) is 5.69 Å². The minimum Gasteiger partial charge on any atom is -0.344 e. The van der Waals surface area contributed by atoms with Gasteiger partial charge in [-0.25, -0.2) is 4.79 Å². The van der Waals surface area contributed by atoms with Crippen LogP contribution in [0.3, 0.4) is 0 Å². The van der Waals surface area contributed by atoms with E-state index in [1.165, 1.54) is 0 Å². The van der Waals surface area contributed by atoms with Gasteiger partial charge in [0.25, 0.3) is 11.5 Å². The van der Waals surface area contributed by atoms with Crippen LogP contribution in [0.5, 0.6) is 0 Å². The van der Waals surface area contributed by atoms with Crippen molar-refractivity contribution in [2.45, 2.75) is 31.9 Å². The largest absolute Gasteiger partial charge is 0.416 e. The second-order valence-corrected chi connectivity index (χ2v) is 8.78. The number of rotatable bonds is 6. The predicted octanol–water partition coefficient (Wildman–Crippen LogP) is 4.97. The maximum absolute atomic E-state index is 13.3. The third-order valence-corrected chi connectivity index (χ3v) is 5.98. The van der Waals surface area contributed by atoms with Gasteiger partial charge in [-0.05, 0) is 54.4 Å². The van der Waals surface area contributed by atoms with Gasteiger partial charge in [-0.15, -0.1) is 0 Å². The van der Waals surface area contributed by atoms with E-state index in [0.717, 1.165) is 36.4 Å². The van der Waals surface area contributed by atoms with Crippen LogP contribution in [0.1, 0.15) is 45.7 Å². The lowest BCUT2D eigenvalue weighted by molar-refractivity contribution is -0.138. The molecule has 0 aliphatic carbocycles. The molecular formula is C27H20F6N4O3. The van der Waals surface area contributed by atoms with Crippen molar-refractivity contribution in [2.75, 3.05) is 0 Å². The SMILES string of the molecule is CC(NC(=O)c1nn(-c2ccc(C(F)(F)F)cc2)c(=O)n(Cc2ccc(C(F)(F)F)cc2)c1=O)c1ccccc1. The van der Waals surface area contributed by atoms with Gasteiger partial charge in [0.2, 0.25) is 5.69 Å². The fourth-order valence-corrected chi connectivity index (χ4v) is 3.83. The Labute approximate surface area is 222 Å². The van der Waals surface area contributed by atoms with Crippen LogP contribution in [-0.4, -0.2) is 20.3 Å². The summed E-state index contributed by atoms with van der Waals surface area (Å²) < 4.78 is 79.2. The molecule has 1 atom stereocenters. The Bertz CT molecular complexity index is 1630. The van der Waals surface area contributed by atoms with Gasteiger partial charge in [0.15, 0.2) is 0 Å². The van der Waals surface area contributed by atoms with Crippen LogP contribution >= 0.6 is 0 Å². The highest BCUT2D eigenvalue weighted by Crippen LogP contribution is 2.30. The number of nitrogens with one attached hydrogen (secondary N) is 1. The maximum atomic E-state index is 13.3. The molecule has 0 fully saturated rings. The summed E-state index contributed by atoms with van der Waals surface area (Å²) in [6, 6.07) is 15.0. The van der Waals surface area contributed by atoms with Crippen molar-refractivity contribution in [1.29, 1.82) is 0 Å². The lowest BCUT2D eigenvalue weighted by Gasteiger charge is -2.16. The monoisotopic (exact) mass is 562 g/mol. The molecule has 13 heteroatoms. The highest BCUT2D eigenvalue weighted by atomic mass is 19.4. The van der Waals surface area contributed by atoms with Crippen LogP contribution in [0.4, 0.5) is 26.3 Å². The molecule has 3 aromatic carbocycles. The van der Waals surface area contributed by atoms with E-state index < -0.39 is 58.9 Å². The molecule has 0 spiro atoms. The Morgan fingerprint density at radius 3 is 1.88 bits per heavy atom. The summed E-state index contributed by atoms with van der Waals surface area (Å²) in [6.07, 6.45) is -9.26. The average molecular weight is 562 g/mol. The summed E-state index contributed by atoms with van der Waals surface area (Å²) in [7, 11) is 0. The van der Waals surface area contributed by atoms with E-state index in [0.29, 0.717) is 26.9 Å². The molecule has 1 aromatic heterocycles. The highest BCUT2D eigenvalue weighted by molar-refractivity contribution is 5.92. The van der Waals surface area contributed by atoms with Crippen LogP contribution in [0.15, 0.2) is 88.5 Å². The fourth-order valence-electron chi connectivity index (χ4n) is 3.83. The van der Waals surface area contributed by atoms with Gasteiger partial charge >= 0.3 is 18.0 Å². The van der Waals surface area contributed by atoms with Crippen LogP contribution in [-0.2, 0) is 18.9 Å². The standard InChI is InChI=1S/C27H20F6N4O3/c1-16(18-5-3-2-4-6-18)34-23(38)22-24(39)36(15-17-7-9-19(10-8-17)26(28,29)30)25(40)37(35-22)21-13-11-20(12-14-21)27(31,32)33/h2-14,16H,15H2,1H3,(H,34,38). The molecule has 208 valence electrons. The van der Waals surface area contributed by atoms with E-state index in [1.54, 1.807) is 37.3 Å². The number of alkyl halides is 6. The molecule has 1 N–H and O–H groups in total. The van der Waals surface area contributed by atoms with Crippen LogP contribution in [0, 0.1) is 0 Å². The van der Waals surface area contributed by atoms with Gasteiger partial charge in [-0.3, -0.25) is 14.2 Å². The molecule has 0 radical (unpaired) electrons. The summed E-state index contributed by atoms with van der Waals surface area (Å²) in [5, 5.41) is 6.45. The Kier molecular flexibility index (Phi) is 7.67. The Hall–Kier alpha value is -4.68. The van der Waals surface area contributed by atoms with E-state index in [1.807, 2.05) is 0 Å². The van der Waals surface area contributed by atoms with Gasteiger partial charge in [-0.1, -0.05) is 42.5 Å². The summed E-state index contributed by atoms with van der Waals surface area (Å²) in [5.41, 5.74) is -4.30. The number of carbonyl (C=O) groups excluding carboxylic acids is 1. The Morgan fingerprint density at radius 2 is 1.35 bits per heavy atom. The van der Waals surface area contributed by atoms with Crippen LogP contribution in [0.2, 0.25) is 0 Å². The third-order valence-electron chi connectivity index (χ3n) is 5.98. The second-order valence-electron chi connectivity index (χ2n) is 8.78. The molecule has 1 heterocycles. The molecule has 7 nitrogen and oxygen atoms in total. The van der Waals surface area contributed by atoms with Crippen molar-refractivity contribution in [1.82, 2.24) is 19.7 Å². The van der Waals surface area contributed by atoms with Crippen molar-refractivity contribution in [3.05, 3.63) is 128 Å². The molecule has 1 amide bonds. The smallest absolute Gasteiger partial charge is 0.344 e. The van der Waals surface area contributed by atoms with Gasteiger partial charge in [0, 0.05) is 0 Å². The van der Waals surface area contributed by atoms with Crippen molar-refractivity contribution < 1.29 is 31.1 Å². The zero-order valence-electron chi connectivity index (χ0n) is 20.6. The fraction of sp³-hybridized carbons (Fsp3) is 0.185. The normalized spacial score (nSPS) is 12.7. The maximum Gasteiger partial charge on any atom is 0.416 e. The average Bonchev–Trinajstić information content (AvgIpc) is 2.91. The van der Waals surface area contributed by atoms with Crippen molar-refractivity contribution >= 4 is 5.91 Å². The number of benzene rings is 3. The van der Waals surface area contributed by atoms with E-state index in [4.69, 9.17) is 0 Å². The molecular weight excluding hydrogens is 542 g/mol. The molecule has 0 aliphatic rings. The molecule has 0 aliphatic heterocycles. The zero-order chi connectivity index (χ0) is 29.2.